The van der Waals surface area contributed by atoms with Crippen LogP contribution in [0.4, 0.5) is 0 Å². The molecule has 1 atom stereocenters. The van der Waals surface area contributed by atoms with Crippen LogP contribution in [0.5, 0.6) is 0 Å². The molecule has 0 amide bonds. The van der Waals surface area contributed by atoms with Gasteiger partial charge in [0.25, 0.3) is 0 Å². The highest BCUT2D eigenvalue weighted by Crippen LogP contribution is 2.28. The second-order valence-electron chi connectivity index (χ2n) is 6.18. The van der Waals surface area contributed by atoms with Crippen LogP contribution in [-0.4, -0.2) is 6.54 Å². The first-order valence-electron chi connectivity index (χ1n) is 8.60. The molecular weight excluding hydrogens is 322 g/mol. The molecule has 2 heteroatoms. The SMILES string of the molecule is CCCCCCCC(NCCC)c1cc(C)c(Br)c(C)c1. The fourth-order valence-electron chi connectivity index (χ4n) is 2.84. The fraction of sp³-hybridized carbons (Fsp3) is 0.684. The minimum Gasteiger partial charge on any atom is -0.310 e. The third-order valence-corrected chi connectivity index (χ3v) is 5.35. The number of rotatable bonds is 10. The first-order chi connectivity index (χ1) is 10.1. The van der Waals surface area contributed by atoms with E-state index in [0.717, 1.165) is 6.54 Å². The summed E-state index contributed by atoms with van der Waals surface area (Å²) in [5.74, 6) is 0. The molecule has 21 heavy (non-hydrogen) atoms. The van der Waals surface area contributed by atoms with Gasteiger partial charge in [-0.05, 0) is 49.9 Å². The third kappa shape index (κ3) is 6.52. The lowest BCUT2D eigenvalue weighted by atomic mass is 9.96. The van der Waals surface area contributed by atoms with Crippen molar-refractivity contribution >= 4 is 15.9 Å². The number of halogens is 1. The van der Waals surface area contributed by atoms with E-state index in [2.05, 4.69) is 61.1 Å². The molecular formula is C19H32BrN. The summed E-state index contributed by atoms with van der Waals surface area (Å²) in [5, 5.41) is 3.74. The van der Waals surface area contributed by atoms with Crippen molar-refractivity contribution in [1.29, 1.82) is 0 Å². The highest BCUT2D eigenvalue weighted by Gasteiger charge is 2.12. The Kier molecular flexibility index (Phi) is 9.26. The van der Waals surface area contributed by atoms with Crippen molar-refractivity contribution in [3.63, 3.8) is 0 Å². The van der Waals surface area contributed by atoms with Crippen molar-refractivity contribution in [2.45, 2.75) is 78.7 Å². The molecule has 1 N–H and O–H groups in total. The molecule has 1 unspecified atom stereocenters. The summed E-state index contributed by atoms with van der Waals surface area (Å²) in [6, 6.07) is 5.20. The van der Waals surface area contributed by atoms with E-state index in [0.29, 0.717) is 6.04 Å². The topological polar surface area (TPSA) is 12.0 Å². The zero-order chi connectivity index (χ0) is 15.7. The largest absolute Gasteiger partial charge is 0.310 e. The van der Waals surface area contributed by atoms with E-state index in [4.69, 9.17) is 0 Å². The second-order valence-corrected chi connectivity index (χ2v) is 6.97. The van der Waals surface area contributed by atoms with E-state index in [1.165, 1.54) is 66.1 Å². The number of unbranched alkanes of at least 4 members (excludes halogenated alkanes) is 4. The molecule has 0 fully saturated rings. The normalized spacial score (nSPS) is 12.6. The molecule has 0 bridgehead atoms. The van der Waals surface area contributed by atoms with Crippen LogP contribution in [-0.2, 0) is 0 Å². The van der Waals surface area contributed by atoms with Gasteiger partial charge in [0.1, 0.15) is 0 Å². The molecule has 0 aliphatic carbocycles. The number of nitrogens with one attached hydrogen (secondary N) is 1. The summed E-state index contributed by atoms with van der Waals surface area (Å²) in [6.45, 7) is 10.0. The molecule has 1 nitrogen and oxygen atoms in total. The number of hydrogen-bond donors (Lipinski definition) is 1. The number of benzene rings is 1. The monoisotopic (exact) mass is 353 g/mol. The van der Waals surface area contributed by atoms with Gasteiger partial charge in [0.2, 0.25) is 0 Å². The maximum atomic E-state index is 3.74. The average Bonchev–Trinajstić information content (AvgIpc) is 2.47. The lowest BCUT2D eigenvalue weighted by molar-refractivity contribution is 0.467. The fourth-order valence-corrected chi connectivity index (χ4v) is 3.07. The van der Waals surface area contributed by atoms with Gasteiger partial charge >= 0.3 is 0 Å². The molecule has 0 aliphatic heterocycles. The molecule has 120 valence electrons. The van der Waals surface area contributed by atoms with E-state index >= 15 is 0 Å². The van der Waals surface area contributed by atoms with E-state index < -0.39 is 0 Å². The van der Waals surface area contributed by atoms with E-state index in [9.17, 15) is 0 Å². The zero-order valence-electron chi connectivity index (χ0n) is 14.3. The average molecular weight is 354 g/mol. The molecule has 0 spiro atoms. The van der Waals surface area contributed by atoms with Crippen molar-refractivity contribution in [3.05, 3.63) is 33.3 Å². The Bertz CT molecular complexity index is 391. The Labute approximate surface area is 140 Å². The Hall–Kier alpha value is -0.340. The van der Waals surface area contributed by atoms with Crippen molar-refractivity contribution in [2.75, 3.05) is 6.54 Å². The Morgan fingerprint density at radius 3 is 2.14 bits per heavy atom. The van der Waals surface area contributed by atoms with Crippen LogP contribution in [0.1, 0.15) is 81.5 Å². The number of aryl methyl sites for hydroxylation is 2. The molecule has 0 radical (unpaired) electrons. The van der Waals surface area contributed by atoms with Crippen LogP contribution in [0, 0.1) is 13.8 Å². The van der Waals surface area contributed by atoms with Crippen molar-refractivity contribution in [2.24, 2.45) is 0 Å². The minimum atomic E-state index is 0.511. The van der Waals surface area contributed by atoms with Gasteiger partial charge in [0, 0.05) is 10.5 Å². The maximum absolute atomic E-state index is 3.74. The summed E-state index contributed by atoms with van der Waals surface area (Å²) < 4.78 is 1.25. The van der Waals surface area contributed by atoms with Gasteiger partial charge in [-0.15, -0.1) is 0 Å². The number of hydrogen-bond acceptors (Lipinski definition) is 1. The van der Waals surface area contributed by atoms with Crippen LogP contribution >= 0.6 is 15.9 Å². The standard InChI is InChI=1S/C19H32BrN/c1-5-7-8-9-10-11-18(21-12-6-2)17-13-15(3)19(20)16(4)14-17/h13-14,18,21H,5-12H2,1-4H3. The first kappa shape index (κ1) is 18.7. The second kappa shape index (κ2) is 10.4. The summed E-state index contributed by atoms with van der Waals surface area (Å²) >= 11 is 3.68. The van der Waals surface area contributed by atoms with Gasteiger partial charge in [-0.2, -0.15) is 0 Å². The van der Waals surface area contributed by atoms with Gasteiger partial charge < -0.3 is 5.32 Å². The van der Waals surface area contributed by atoms with Crippen molar-refractivity contribution < 1.29 is 0 Å². The molecule has 0 aromatic heterocycles. The smallest absolute Gasteiger partial charge is 0.0320 e. The van der Waals surface area contributed by atoms with E-state index in [1.807, 2.05) is 0 Å². The summed E-state index contributed by atoms with van der Waals surface area (Å²) in [6.07, 6.45) is 9.23. The van der Waals surface area contributed by atoms with Gasteiger partial charge in [-0.1, -0.05) is 74.0 Å². The Morgan fingerprint density at radius 1 is 0.952 bits per heavy atom. The van der Waals surface area contributed by atoms with Crippen LogP contribution < -0.4 is 5.32 Å². The zero-order valence-corrected chi connectivity index (χ0v) is 15.9. The highest BCUT2D eigenvalue weighted by atomic mass is 79.9. The van der Waals surface area contributed by atoms with Crippen LogP contribution in [0.3, 0.4) is 0 Å². The van der Waals surface area contributed by atoms with Crippen molar-refractivity contribution in [3.8, 4) is 0 Å². The molecule has 0 heterocycles. The maximum Gasteiger partial charge on any atom is 0.0320 e. The van der Waals surface area contributed by atoms with Gasteiger partial charge in [0.05, 0.1) is 0 Å². The predicted octanol–water partition coefficient (Wildman–Crippen LogP) is 6.47. The quantitative estimate of drug-likeness (QED) is 0.475. The molecule has 0 aliphatic rings. The third-order valence-electron chi connectivity index (χ3n) is 4.10. The van der Waals surface area contributed by atoms with E-state index in [-0.39, 0.29) is 0 Å². The van der Waals surface area contributed by atoms with Crippen molar-refractivity contribution in [1.82, 2.24) is 5.32 Å². The summed E-state index contributed by atoms with van der Waals surface area (Å²) in [5.41, 5.74) is 4.15. The molecule has 0 saturated heterocycles. The first-order valence-corrected chi connectivity index (χ1v) is 9.39. The molecule has 0 saturated carbocycles. The molecule has 1 aromatic carbocycles. The lowest BCUT2D eigenvalue weighted by Crippen LogP contribution is -2.22. The minimum absolute atomic E-state index is 0.511. The Morgan fingerprint density at radius 2 is 1.57 bits per heavy atom. The Balaban J connectivity index is 2.68. The van der Waals surface area contributed by atoms with Gasteiger partial charge in [0.15, 0.2) is 0 Å². The van der Waals surface area contributed by atoms with Crippen LogP contribution in [0.15, 0.2) is 16.6 Å². The van der Waals surface area contributed by atoms with Crippen LogP contribution in [0.2, 0.25) is 0 Å². The summed E-state index contributed by atoms with van der Waals surface area (Å²) in [7, 11) is 0. The van der Waals surface area contributed by atoms with Crippen LogP contribution in [0.25, 0.3) is 0 Å². The molecule has 1 aromatic rings. The van der Waals surface area contributed by atoms with Gasteiger partial charge in [-0.25, -0.2) is 0 Å². The lowest BCUT2D eigenvalue weighted by Gasteiger charge is -2.21. The molecule has 1 rings (SSSR count). The van der Waals surface area contributed by atoms with Gasteiger partial charge in [-0.3, -0.25) is 0 Å². The highest BCUT2D eigenvalue weighted by molar-refractivity contribution is 9.10. The summed E-state index contributed by atoms with van der Waals surface area (Å²) in [4.78, 5) is 0. The predicted molar refractivity (Wildman–Crippen MR) is 98.0 cm³/mol. The van der Waals surface area contributed by atoms with E-state index in [1.54, 1.807) is 0 Å².